The van der Waals surface area contributed by atoms with Gasteiger partial charge in [-0.15, -0.1) is 0 Å². The van der Waals surface area contributed by atoms with E-state index in [0.29, 0.717) is 0 Å². The number of hydrogen-bond acceptors (Lipinski definition) is 2. The van der Waals surface area contributed by atoms with Crippen molar-refractivity contribution in [3.05, 3.63) is 65.2 Å². The molecular weight excluding hydrogens is 234 g/mol. The molecule has 0 heterocycles. The molecule has 2 aromatic carbocycles. The zero-order valence-corrected chi connectivity index (χ0v) is 11.6. The van der Waals surface area contributed by atoms with Gasteiger partial charge >= 0.3 is 0 Å². The van der Waals surface area contributed by atoms with Crippen LogP contribution in [-0.2, 0) is 13.0 Å². The summed E-state index contributed by atoms with van der Waals surface area (Å²) in [5.41, 5.74) is 4.54. The van der Waals surface area contributed by atoms with Gasteiger partial charge in [-0.05, 0) is 30.5 Å². The van der Waals surface area contributed by atoms with E-state index in [1.807, 2.05) is 24.3 Å². The Morgan fingerprint density at radius 3 is 2.26 bits per heavy atom. The summed E-state index contributed by atoms with van der Waals surface area (Å²) in [5.74, 6) is 0. The number of aliphatic hydroxyl groups is 1. The molecule has 2 rings (SSSR count). The predicted molar refractivity (Wildman–Crippen MR) is 80.2 cm³/mol. The van der Waals surface area contributed by atoms with Gasteiger partial charge < -0.3 is 10.4 Å². The minimum absolute atomic E-state index is 0.453. The molecule has 0 saturated carbocycles. The van der Waals surface area contributed by atoms with E-state index in [0.717, 1.165) is 24.2 Å². The second-order valence-corrected chi connectivity index (χ2v) is 4.79. The first kappa shape index (κ1) is 13.6. The monoisotopic (exact) mass is 255 g/mol. The Morgan fingerprint density at radius 2 is 1.63 bits per heavy atom. The largest absolute Gasteiger partial charge is 0.389 e. The molecule has 0 amide bonds. The van der Waals surface area contributed by atoms with Crippen LogP contribution in [0, 0.1) is 0 Å². The van der Waals surface area contributed by atoms with Gasteiger partial charge in [0.1, 0.15) is 0 Å². The number of rotatable bonds is 5. The summed E-state index contributed by atoms with van der Waals surface area (Å²) in [6.07, 6.45) is 0.615. The van der Waals surface area contributed by atoms with E-state index in [1.165, 1.54) is 11.1 Å². The van der Waals surface area contributed by atoms with Gasteiger partial charge in [0.05, 0.1) is 6.10 Å². The Hall–Kier alpha value is -1.80. The molecule has 0 aliphatic rings. The van der Waals surface area contributed by atoms with Crippen LogP contribution in [0.3, 0.4) is 0 Å². The van der Waals surface area contributed by atoms with E-state index in [2.05, 4.69) is 36.5 Å². The maximum Gasteiger partial charge on any atom is 0.0781 e. The van der Waals surface area contributed by atoms with Gasteiger partial charge in [-0.1, -0.05) is 49.4 Å². The van der Waals surface area contributed by atoms with E-state index in [9.17, 15) is 5.11 Å². The lowest BCUT2D eigenvalue weighted by Gasteiger charge is -2.14. The molecule has 1 atom stereocenters. The van der Waals surface area contributed by atoms with Gasteiger partial charge in [0.25, 0.3) is 0 Å². The second kappa shape index (κ2) is 6.39. The fourth-order valence-corrected chi connectivity index (χ4v) is 2.11. The molecule has 0 aromatic heterocycles. The molecule has 2 nitrogen and oxygen atoms in total. The fraction of sp³-hybridized carbons (Fsp3) is 0.294. The van der Waals surface area contributed by atoms with E-state index in [1.54, 1.807) is 6.92 Å². The minimum Gasteiger partial charge on any atom is -0.389 e. The molecule has 0 spiro atoms. The second-order valence-electron chi connectivity index (χ2n) is 4.79. The predicted octanol–water partition coefficient (Wildman–Crippen LogP) is 3.91. The van der Waals surface area contributed by atoms with Crippen molar-refractivity contribution in [2.45, 2.75) is 32.9 Å². The van der Waals surface area contributed by atoms with Crippen molar-refractivity contribution in [1.29, 1.82) is 0 Å². The first-order valence-corrected chi connectivity index (χ1v) is 6.79. The number of anilines is 1. The Kier molecular flexibility index (Phi) is 4.58. The average Bonchev–Trinajstić information content (AvgIpc) is 2.46. The summed E-state index contributed by atoms with van der Waals surface area (Å²) in [4.78, 5) is 0. The zero-order valence-electron chi connectivity index (χ0n) is 11.6. The van der Waals surface area contributed by atoms with Crippen molar-refractivity contribution in [2.75, 3.05) is 5.32 Å². The van der Waals surface area contributed by atoms with Crippen LogP contribution < -0.4 is 5.32 Å². The molecule has 1 unspecified atom stereocenters. The maximum atomic E-state index is 9.73. The summed E-state index contributed by atoms with van der Waals surface area (Å²) in [6, 6.07) is 16.5. The third-order valence-electron chi connectivity index (χ3n) is 3.33. The topological polar surface area (TPSA) is 32.3 Å². The Bertz CT molecular complexity index is 517. The first-order valence-electron chi connectivity index (χ1n) is 6.79. The van der Waals surface area contributed by atoms with Crippen LogP contribution in [0.1, 0.15) is 36.6 Å². The summed E-state index contributed by atoms with van der Waals surface area (Å²) in [5, 5.41) is 13.1. The summed E-state index contributed by atoms with van der Waals surface area (Å²) in [7, 11) is 0. The van der Waals surface area contributed by atoms with Crippen LogP contribution in [0.2, 0.25) is 0 Å². The van der Waals surface area contributed by atoms with Gasteiger partial charge in [-0.2, -0.15) is 0 Å². The van der Waals surface area contributed by atoms with E-state index < -0.39 is 6.10 Å². The Labute approximate surface area is 115 Å². The Morgan fingerprint density at radius 1 is 1.00 bits per heavy atom. The van der Waals surface area contributed by atoms with Gasteiger partial charge in [0.2, 0.25) is 0 Å². The number of hydrogen-bond donors (Lipinski definition) is 2. The van der Waals surface area contributed by atoms with Crippen LogP contribution in [0.25, 0.3) is 0 Å². The third-order valence-corrected chi connectivity index (χ3v) is 3.33. The van der Waals surface area contributed by atoms with Crippen LogP contribution >= 0.6 is 0 Å². The number of aryl methyl sites for hydroxylation is 1. The van der Waals surface area contributed by atoms with Gasteiger partial charge in [-0.25, -0.2) is 0 Å². The highest BCUT2D eigenvalue weighted by Crippen LogP contribution is 2.22. The quantitative estimate of drug-likeness (QED) is 0.849. The van der Waals surface area contributed by atoms with Crippen molar-refractivity contribution in [2.24, 2.45) is 0 Å². The van der Waals surface area contributed by atoms with Crippen LogP contribution in [0.5, 0.6) is 0 Å². The van der Waals surface area contributed by atoms with Crippen molar-refractivity contribution >= 4 is 5.69 Å². The first-order chi connectivity index (χ1) is 9.20. The summed E-state index contributed by atoms with van der Waals surface area (Å²) in [6.45, 7) is 4.72. The van der Waals surface area contributed by atoms with Crippen LogP contribution in [0.4, 0.5) is 5.69 Å². The molecule has 0 radical (unpaired) electrons. The molecule has 0 aliphatic heterocycles. The molecule has 2 heteroatoms. The third kappa shape index (κ3) is 3.58. The molecule has 0 fully saturated rings. The van der Waals surface area contributed by atoms with Crippen molar-refractivity contribution in [3.8, 4) is 0 Å². The van der Waals surface area contributed by atoms with E-state index in [4.69, 9.17) is 0 Å². The van der Waals surface area contributed by atoms with E-state index in [-0.39, 0.29) is 0 Å². The fourth-order valence-electron chi connectivity index (χ4n) is 2.11. The highest BCUT2D eigenvalue weighted by Gasteiger charge is 2.06. The standard InChI is InChI=1S/C17H21NO/c1-3-14-8-10-15(11-9-14)12-18-17-7-5-4-6-16(17)13(2)19/h4-11,13,18-19H,3,12H2,1-2H3. The minimum atomic E-state index is -0.453. The van der Waals surface area contributed by atoms with E-state index >= 15 is 0 Å². The van der Waals surface area contributed by atoms with Crippen LogP contribution in [0.15, 0.2) is 48.5 Å². The SMILES string of the molecule is CCc1ccc(CNc2ccccc2C(C)O)cc1. The molecule has 0 bridgehead atoms. The smallest absolute Gasteiger partial charge is 0.0781 e. The Balaban J connectivity index is 2.05. The highest BCUT2D eigenvalue weighted by molar-refractivity contribution is 5.52. The highest BCUT2D eigenvalue weighted by atomic mass is 16.3. The maximum absolute atomic E-state index is 9.73. The van der Waals surface area contributed by atoms with Crippen LogP contribution in [-0.4, -0.2) is 5.11 Å². The number of nitrogens with one attached hydrogen (secondary N) is 1. The summed E-state index contributed by atoms with van der Waals surface area (Å²) < 4.78 is 0. The number of para-hydroxylation sites is 1. The van der Waals surface area contributed by atoms with Gasteiger partial charge in [-0.3, -0.25) is 0 Å². The van der Waals surface area contributed by atoms with Crippen molar-refractivity contribution in [3.63, 3.8) is 0 Å². The molecule has 0 saturated heterocycles. The average molecular weight is 255 g/mol. The number of aliphatic hydroxyl groups excluding tert-OH is 1. The lowest BCUT2D eigenvalue weighted by molar-refractivity contribution is 0.200. The lowest BCUT2D eigenvalue weighted by Crippen LogP contribution is -2.04. The molecule has 0 aliphatic carbocycles. The van der Waals surface area contributed by atoms with Crippen molar-refractivity contribution in [1.82, 2.24) is 0 Å². The van der Waals surface area contributed by atoms with Crippen molar-refractivity contribution < 1.29 is 5.11 Å². The molecule has 2 N–H and O–H groups in total. The lowest BCUT2D eigenvalue weighted by atomic mass is 10.1. The normalized spacial score (nSPS) is 12.2. The molecule has 100 valence electrons. The van der Waals surface area contributed by atoms with Gasteiger partial charge in [0, 0.05) is 17.8 Å². The molecular formula is C17H21NO. The zero-order chi connectivity index (χ0) is 13.7. The molecule has 19 heavy (non-hydrogen) atoms. The number of benzene rings is 2. The molecule has 2 aromatic rings. The van der Waals surface area contributed by atoms with Gasteiger partial charge in [0.15, 0.2) is 0 Å². The summed E-state index contributed by atoms with van der Waals surface area (Å²) >= 11 is 0.